The third-order valence-corrected chi connectivity index (χ3v) is 7.28. The Bertz CT molecular complexity index is 1400. The first kappa shape index (κ1) is 28.6. The van der Waals surface area contributed by atoms with Gasteiger partial charge in [0.25, 0.3) is 11.8 Å². The van der Waals surface area contributed by atoms with Gasteiger partial charge in [-0.15, -0.1) is 0 Å². The van der Waals surface area contributed by atoms with Crippen molar-refractivity contribution >= 4 is 40.9 Å². The van der Waals surface area contributed by atoms with Crippen LogP contribution in [0.5, 0.6) is 5.75 Å². The molecule has 3 amide bonds. The molecule has 0 saturated carbocycles. The molecule has 0 bridgehead atoms. The van der Waals surface area contributed by atoms with Crippen LogP contribution in [0.4, 0.5) is 8.78 Å². The largest absolute Gasteiger partial charge is 0.494 e. The van der Waals surface area contributed by atoms with E-state index < -0.39 is 23.7 Å². The minimum atomic E-state index is -1.20. The number of piperazine rings is 1. The fourth-order valence-corrected chi connectivity index (χ4v) is 5.26. The van der Waals surface area contributed by atoms with Crippen LogP contribution < -0.4 is 10.5 Å². The number of amides is 3. The number of ether oxygens (including phenoxy) is 1. The van der Waals surface area contributed by atoms with Crippen molar-refractivity contribution in [3.63, 3.8) is 0 Å². The van der Waals surface area contributed by atoms with E-state index in [1.54, 1.807) is 34.1 Å². The molecule has 4 rings (SSSR count). The molecule has 0 radical (unpaired) electrons. The number of benzene rings is 2. The van der Waals surface area contributed by atoms with Gasteiger partial charge in [0.1, 0.15) is 0 Å². The summed E-state index contributed by atoms with van der Waals surface area (Å²) < 4.78 is 35.7. The molecule has 0 aliphatic carbocycles. The van der Waals surface area contributed by atoms with E-state index in [1.165, 1.54) is 31.2 Å². The maximum absolute atomic E-state index is 15.2. The average Bonchev–Trinajstić information content (AvgIpc) is 3.22. The Morgan fingerprint density at radius 2 is 1.65 bits per heavy atom. The second-order valence-corrected chi connectivity index (χ2v) is 9.61. The molecule has 2 heterocycles. The molecule has 13 heteroatoms. The van der Waals surface area contributed by atoms with Crippen LogP contribution in [-0.2, 0) is 9.59 Å². The summed E-state index contributed by atoms with van der Waals surface area (Å²) in [4.78, 5) is 42.1. The van der Waals surface area contributed by atoms with Crippen LogP contribution in [0, 0.1) is 23.0 Å². The summed E-state index contributed by atoms with van der Waals surface area (Å²) in [6, 6.07) is 10.9. The zero-order valence-electron chi connectivity index (χ0n) is 21.9. The summed E-state index contributed by atoms with van der Waals surface area (Å²) in [5.41, 5.74) is 6.52. The molecule has 10 nitrogen and oxygen atoms in total. The molecule has 40 heavy (non-hydrogen) atoms. The lowest BCUT2D eigenvalue weighted by Gasteiger charge is -2.34. The zero-order valence-corrected chi connectivity index (χ0v) is 22.6. The molecule has 2 N–H and O–H groups in total. The van der Waals surface area contributed by atoms with Crippen molar-refractivity contribution in [3.8, 4) is 11.8 Å². The van der Waals surface area contributed by atoms with Gasteiger partial charge in [-0.3, -0.25) is 18.8 Å². The monoisotopic (exact) mass is 572 g/mol. The third kappa shape index (κ3) is 5.24. The molecule has 1 fully saturated rings. The minimum absolute atomic E-state index is 0.114. The average molecular weight is 573 g/mol. The van der Waals surface area contributed by atoms with E-state index in [-0.39, 0.29) is 47.4 Å². The molecular formula is C27H27ClF2N6O4. The standard InChI is InChI=1S/C27H27ClF2N6O4/c1-33-24(18-9-10-19(40-2)22(30)21(18)29)23(36(28)26(33)25(32)38)16-5-7-17(8-6-16)27(39)35-14-12-34(13-15-35)20(37)4-3-11-31/h5-10,26H,3-4,12-15H2,1-2H3,(H2,32,38). The van der Waals surface area contributed by atoms with Crippen molar-refractivity contribution < 1.29 is 27.9 Å². The summed E-state index contributed by atoms with van der Waals surface area (Å²) in [5.74, 6) is -3.83. The fourth-order valence-electron chi connectivity index (χ4n) is 4.85. The SMILES string of the molecule is COc1ccc(C2=C(c3ccc(C(=O)N4CCN(C(=O)CCC#N)CC4)cc3)N(Cl)C(C(N)=O)N2C)c(F)c1F. The van der Waals surface area contributed by atoms with Gasteiger partial charge in [0.2, 0.25) is 11.7 Å². The summed E-state index contributed by atoms with van der Waals surface area (Å²) in [6.45, 7) is 1.43. The highest BCUT2D eigenvalue weighted by atomic mass is 35.5. The molecule has 0 aromatic heterocycles. The van der Waals surface area contributed by atoms with Gasteiger partial charge in [0.05, 0.1) is 24.6 Å². The van der Waals surface area contributed by atoms with E-state index in [2.05, 4.69) is 0 Å². The van der Waals surface area contributed by atoms with Crippen molar-refractivity contribution in [3.05, 3.63) is 64.7 Å². The Morgan fingerprint density at radius 3 is 2.23 bits per heavy atom. The topological polar surface area (TPSA) is 123 Å². The Balaban J connectivity index is 1.62. The van der Waals surface area contributed by atoms with Crippen LogP contribution in [0.1, 0.15) is 34.3 Å². The number of primary amides is 1. The molecule has 2 aliphatic rings. The molecular weight excluding hydrogens is 546 g/mol. The molecule has 1 saturated heterocycles. The van der Waals surface area contributed by atoms with Crippen molar-refractivity contribution in [2.24, 2.45) is 5.73 Å². The third-order valence-electron chi connectivity index (χ3n) is 6.92. The van der Waals surface area contributed by atoms with Crippen molar-refractivity contribution in [1.82, 2.24) is 19.1 Å². The Morgan fingerprint density at radius 1 is 1.02 bits per heavy atom. The van der Waals surface area contributed by atoms with E-state index in [0.717, 1.165) is 4.42 Å². The van der Waals surface area contributed by atoms with Crippen molar-refractivity contribution in [1.29, 1.82) is 5.26 Å². The molecule has 2 aromatic rings. The summed E-state index contributed by atoms with van der Waals surface area (Å²) in [6.07, 6.45) is -0.886. The van der Waals surface area contributed by atoms with Gasteiger partial charge in [-0.25, -0.2) is 4.39 Å². The molecule has 210 valence electrons. The molecule has 1 atom stereocenters. The summed E-state index contributed by atoms with van der Waals surface area (Å²) >= 11 is 6.53. The van der Waals surface area contributed by atoms with Crippen LogP contribution in [0.2, 0.25) is 0 Å². The zero-order chi connectivity index (χ0) is 29.1. The first-order valence-corrected chi connectivity index (χ1v) is 12.7. The predicted molar refractivity (Wildman–Crippen MR) is 142 cm³/mol. The predicted octanol–water partition coefficient (Wildman–Crippen LogP) is 2.60. The number of methoxy groups -OCH3 is 1. The maximum atomic E-state index is 15.2. The van der Waals surface area contributed by atoms with Crippen LogP contribution in [0.15, 0.2) is 36.4 Å². The van der Waals surface area contributed by atoms with Crippen LogP contribution in [-0.4, -0.2) is 83.3 Å². The number of rotatable bonds is 7. The van der Waals surface area contributed by atoms with E-state index >= 15 is 4.39 Å². The number of carbonyl (C=O) groups excluding carboxylic acids is 3. The fraction of sp³-hybridized carbons (Fsp3) is 0.333. The quantitative estimate of drug-likeness (QED) is 0.506. The lowest BCUT2D eigenvalue weighted by Crippen LogP contribution is -2.50. The van der Waals surface area contributed by atoms with Crippen molar-refractivity contribution in [2.45, 2.75) is 19.0 Å². The highest BCUT2D eigenvalue weighted by Gasteiger charge is 2.41. The van der Waals surface area contributed by atoms with Gasteiger partial charge in [0.15, 0.2) is 17.7 Å². The number of halogens is 3. The Kier molecular flexibility index (Phi) is 8.44. The second-order valence-electron chi connectivity index (χ2n) is 9.25. The number of hydrogen-bond donors (Lipinski definition) is 1. The van der Waals surface area contributed by atoms with Gasteiger partial charge in [-0.2, -0.15) is 9.65 Å². The first-order chi connectivity index (χ1) is 19.1. The summed E-state index contributed by atoms with van der Waals surface area (Å²) in [5, 5.41) is 8.68. The lowest BCUT2D eigenvalue weighted by molar-refractivity contribution is -0.132. The Hall–Kier alpha value is -4.37. The Labute approximate surface area is 234 Å². The maximum Gasteiger partial charge on any atom is 0.262 e. The van der Waals surface area contributed by atoms with Crippen LogP contribution in [0.3, 0.4) is 0 Å². The number of likely N-dealkylation sites (N-methyl/N-ethyl adjacent to an activating group) is 1. The van der Waals surface area contributed by atoms with Gasteiger partial charge in [0, 0.05) is 74.5 Å². The van der Waals surface area contributed by atoms with E-state index in [9.17, 15) is 18.8 Å². The summed E-state index contributed by atoms with van der Waals surface area (Å²) in [7, 11) is 2.70. The van der Waals surface area contributed by atoms with Gasteiger partial charge >= 0.3 is 0 Å². The number of nitrogens with zero attached hydrogens (tertiary/aromatic N) is 5. The van der Waals surface area contributed by atoms with Gasteiger partial charge in [-0.1, -0.05) is 12.1 Å². The molecule has 1 unspecified atom stereocenters. The normalized spacial score (nSPS) is 17.2. The number of hydrogen-bond acceptors (Lipinski definition) is 7. The van der Waals surface area contributed by atoms with E-state index in [4.69, 9.17) is 27.5 Å². The van der Waals surface area contributed by atoms with Gasteiger partial charge < -0.3 is 25.2 Å². The number of nitriles is 1. The highest BCUT2D eigenvalue weighted by Crippen LogP contribution is 2.43. The van der Waals surface area contributed by atoms with E-state index in [1.807, 2.05) is 6.07 Å². The number of carbonyl (C=O) groups is 3. The molecule has 0 spiro atoms. The van der Waals surface area contributed by atoms with Gasteiger partial charge in [-0.05, 0) is 24.3 Å². The van der Waals surface area contributed by atoms with Crippen LogP contribution >= 0.6 is 11.8 Å². The highest BCUT2D eigenvalue weighted by molar-refractivity contribution is 6.22. The first-order valence-electron chi connectivity index (χ1n) is 12.4. The smallest absolute Gasteiger partial charge is 0.262 e. The lowest BCUT2D eigenvalue weighted by atomic mass is 10.0. The second kappa shape index (κ2) is 11.8. The molecule has 2 aliphatic heterocycles. The van der Waals surface area contributed by atoms with E-state index in [0.29, 0.717) is 37.3 Å². The molecule has 2 aromatic carbocycles. The number of nitrogens with two attached hydrogens (primary N) is 1. The van der Waals surface area contributed by atoms with Crippen molar-refractivity contribution in [2.75, 3.05) is 40.3 Å². The minimum Gasteiger partial charge on any atom is -0.494 e. The van der Waals surface area contributed by atoms with Crippen LogP contribution in [0.25, 0.3) is 11.4 Å².